The van der Waals surface area contributed by atoms with Crippen molar-refractivity contribution in [3.8, 4) is 0 Å². The Bertz CT molecular complexity index is 371. The number of rotatable bonds is 3. The van der Waals surface area contributed by atoms with Crippen molar-refractivity contribution in [2.24, 2.45) is 11.8 Å². The molecule has 1 saturated carbocycles. The molecule has 1 fully saturated rings. The van der Waals surface area contributed by atoms with E-state index in [0.717, 1.165) is 31.5 Å². The van der Waals surface area contributed by atoms with Gasteiger partial charge < -0.3 is 0 Å². The van der Waals surface area contributed by atoms with Gasteiger partial charge in [0.1, 0.15) is 0 Å². The lowest BCUT2D eigenvalue weighted by atomic mass is 9.78. The van der Waals surface area contributed by atoms with Crippen LogP contribution in [0.4, 0.5) is 13.2 Å². The summed E-state index contributed by atoms with van der Waals surface area (Å²) in [6.07, 6.45) is -0.259. The molecule has 1 aliphatic carbocycles. The molecule has 1 heterocycles. The summed E-state index contributed by atoms with van der Waals surface area (Å²) in [5, 5.41) is 0. The van der Waals surface area contributed by atoms with E-state index in [4.69, 9.17) is 5.84 Å². The molecule has 1 unspecified atom stereocenters. The second-order valence-electron chi connectivity index (χ2n) is 4.30. The van der Waals surface area contributed by atoms with Gasteiger partial charge in [-0.1, -0.05) is 6.42 Å². The molecule has 6 heteroatoms. The molecule has 94 valence electrons. The van der Waals surface area contributed by atoms with Gasteiger partial charge in [0.2, 0.25) is 0 Å². The molecule has 0 radical (unpaired) electrons. The maximum Gasteiger partial charge on any atom is 0.417 e. The van der Waals surface area contributed by atoms with Crippen LogP contribution in [0.1, 0.15) is 36.6 Å². The molecule has 0 aliphatic heterocycles. The van der Waals surface area contributed by atoms with Gasteiger partial charge in [0.25, 0.3) is 0 Å². The summed E-state index contributed by atoms with van der Waals surface area (Å²) in [6, 6.07) is 2.29. The molecular formula is C11H14F3N3. The van der Waals surface area contributed by atoms with Gasteiger partial charge in [-0.3, -0.25) is 16.3 Å². The average Bonchev–Trinajstić information content (AvgIpc) is 2.22. The average molecular weight is 245 g/mol. The predicted octanol–water partition coefficient (Wildman–Crippen LogP) is 2.40. The van der Waals surface area contributed by atoms with E-state index in [0.29, 0.717) is 11.6 Å². The largest absolute Gasteiger partial charge is 0.417 e. The summed E-state index contributed by atoms with van der Waals surface area (Å²) >= 11 is 0. The summed E-state index contributed by atoms with van der Waals surface area (Å²) in [5.41, 5.74) is 2.48. The number of nitrogens with two attached hydrogens (primary N) is 1. The molecule has 1 aromatic rings. The molecule has 0 amide bonds. The van der Waals surface area contributed by atoms with Crippen LogP contribution in [0.15, 0.2) is 18.3 Å². The van der Waals surface area contributed by atoms with Gasteiger partial charge >= 0.3 is 6.18 Å². The number of nitrogens with one attached hydrogen (secondary N) is 1. The number of hydrogen-bond acceptors (Lipinski definition) is 3. The second kappa shape index (κ2) is 4.62. The first-order valence-corrected chi connectivity index (χ1v) is 5.51. The van der Waals surface area contributed by atoms with E-state index in [1.165, 1.54) is 6.07 Å². The minimum absolute atomic E-state index is 0.147. The Morgan fingerprint density at radius 1 is 1.35 bits per heavy atom. The summed E-state index contributed by atoms with van der Waals surface area (Å²) < 4.78 is 37.1. The Morgan fingerprint density at radius 3 is 2.41 bits per heavy atom. The maximum absolute atomic E-state index is 12.4. The van der Waals surface area contributed by atoms with Gasteiger partial charge in [0, 0.05) is 6.20 Å². The summed E-state index contributed by atoms with van der Waals surface area (Å²) in [7, 11) is 0. The second-order valence-corrected chi connectivity index (χ2v) is 4.30. The third-order valence-corrected chi connectivity index (χ3v) is 3.23. The number of halogens is 3. The minimum Gasteiger partial charge on any atom is -0.271 e. The van der Waals surface area contributed by atoms with Gasteiger partial charge in [-0.2, -0.15) is 13.2 Å². The molecule has 1 aromatic heterocycles. The molecule has 1 atom stereocenters. The highest BCUT2D eigenvalue weighted by molar-refractivity contribution is 5.19. The Hall–Kier alpha value is -1.14. The highest BCUT2D eigenvalue weighted by atomic mass is 19.4. The number of alkyl halides is 3. The Kier molecular flexibility index (Phi) is 3.35. The fraction of sp³-hybridized carbons (Fsp3) is 0.545. The van der Waals surface area contributed by atoms with Crippen LogP contribution in [0.3, 0.4) is 0 Å². The Labute approximate surface area is 97.2 Å². The molecule has 3 nitrogen and oxygen atoms in total. The molecule has 3 N–H and O–H groups in total. The highest BCUT2D eigenvalue weighted by Gasteiger charge is 2.32. The highest BCUT2D eigenvalue weighted by Crippen LogP contribution is 2.37. The van der Waals surface area contributed by atoms with Crippen LogP contribution < -0.4 is 11.3 Å². The predicted molar refractivity (Wildman–Crippen MR) is 56.6 cm³/mol. The van der Waals surface area contributed by atoms with Crippen LogP contribution in [0.2, 0.25) is 0 Å². The van der Waals surface area contributed by atoms with Gasteiger partial charge in [-0.25, -0.2) is 0 Å². The third kappa shape index (κ3) is 2.58. The van der Waals surface area contributed by atoms with Crippen molar-refractivity contribution in [3.05, 3.63) is 29.6 Å². The first kappa shape index (κ1) is 12.3. The van der Waals surface area contributed by atoms with Crippen LogP contribution in [-0.2, 0) is 6.18 Å². The number of hydrogen-bond donors (Lipinski definition) is 2. The quantitative estimate of drug-likeness (QED) is 0.635. The van der Waals surface area contributed by atoms with Crippen LogP contribution in [0, 0.1) is 5.92 Å². The SMILES string of the molecule is NNC(c1ccc(C(F)(F)F)cn1)C1CCC1. The van der Waals surface area contributed by atoms with Crippen molar-refractivity contribution in [1.82, 2.24) is 10.4 Å². The summed E-state index contributed by atoms with van der Waals surface area (Å²) in [4.78, 5) is 3.86. The minimum atomic E-state index is -4.34. The maximum atomic E-state index is 12.4. The molecule has 2 rings (SSSR count). The zero-order valence-corrected chi connectivity index (χ0v) is 9.17. The monoisotopic (exact) mass is 245 g/mol. The fourth-order valence-corrected chi connectivity index (χ4v) is 1.99. The zero-order chi connectivity index (χ0) is 12.5. The molecule has 0 saturated heterocycles. The van der Waals surface area contributed by atoms with Gasteiger partial charge in [-0.15, -0.1) is 0 Å². The van der Waals surface area contributed by atoms with Crippen molar-refractivity contribution in [2.45, 2.75) is 31.5 Å². The molecule has 0 spiro atoms. The van der Waals surface area contributed by atoms with Gasteiger partial charge in [0.05, 0.1) is 17.3 Å². The first-order valence-electron chi connectivity index (χ1n) is 5.51. The molecule has 0 aromatic carbocycles. The molecular weight excluding hydrogens is 231 g/mol. The van der Waals surface area contributed by atoms with Crippen molar-refractivity contribution >= 4 is 0 Å². The van der Waals surface area contributed by atoms with Crippen molar-refractivity contribution in [3.63, 3.8) is 0 Å². The lowest BCUT2D eigenvalue weighted by Crippen LogP contribution is -2.37. The smallest absolute Gasteiger partial charge is 0.271 e. The normalized spacial score (nSPS) is 18.8. The van der Waals surface area contributed by atoms with Crippen LogP contribution in [0.5, 0.6) is 0 Å². The van der Waals surface area contributed by atoms with Crippen molar-refractivity contribution in [2.75, 3.05) is 0 Å². The Morgan fingerprint density at radius 2 is 2.06 bits per heavy atom. The van der Waals surface area contributed by atoms with Crippen molar-refractivity contribution < 1.29 is 13.2 Å². The number of hydrazine groups is 1. The van der Waals surface area contributed by atoms with E-state index in [2.05, 4.69) is 10.4 Å². The van der Waals surface area contributed by atoms with Gasteiger partial charge in [0.15, 0.2) is 0 Å². The fourth-order valence-electron chi connectivity index (χ4n) is 1.99. The van der Waals surface area contributed by atoms with Crippen LogP contribution in [-0.4, -0.2) is 4.98 Å². The van der Waals surface area contributed by atoms with Gasteiger partial charge in [-0.05, 0) is 30.9 Å². The zero-order valence-electron chi connectivity index (χ0n) is 9.17. The molecule has 0 bridgehead atoms. The lowest BCUT2D eigenvalue weighted by Gasteiger charge is -2.32. The number of pyridine rings is 1. The van der Waals surface area contributed by atoms with E-state index in [9.17, 15) is 13.2 Å². The molecule has 1 aliphatic rings. The summed E-state index contributed by atoms with van der Waals surface area (Å²) in [6.45, 7) is 0. The van der Waals surface area contributed by atoms with E-state index in [1.807, 2.05) is 0 Å². The number of nitrogens with zero attached hydrogens (tertiary/aromatic N) is 1. The van der Waals surface area contributed by atoms with E-state index >= 15 is 0 Å². The Balaban J connectivity index is 2.16. The standard InChI is InChI=1S/C11H14F3N3/c12-11(13,14)8-4-5-9(16-6-8)10(17-15)7-2-1-3-7/h4-7,10,17H,1-3,15H2. The van der Waals surface area contributed by atoms with E-state index in [-0.39, 0.29) is 6.04 Å². The van der Waals surface area contributed by atoms with Crippen molar-refractivity contribution in [1.29, 1.82) is 0 Å². The van der Waals surface area contributed by atoms with Crippen LogP contribution >= 0.6 is 0 Å². The number of aromatic nitrogens is 1. The third-order valence-electron chi connectivity index (χ3n) is 3.23. The van der Waals surface area contributed by atoms with E-state index < -0.39 is 11.7 Å². The lowest BCUT2D eigenvalue weighted by molar-refractivity contribution is -0.137. The van der Waals surface area contributed by atoms with E-state index in [1.54, 1.807) is 0 Å². The first-order chi connectivity index (χ1) is 8.02. The summed E-state index contributed by atoms with van der Waals surface area (Å²) in [5.74, 6) is 5.81. The topological polar surface area (TPSA) is 50.9 Å². The molecule has 17 heavy (non-hydrogen) atoms. The van der Waals surface area contributed by atoms with Crippen LogP contribution in [0.25, 0.3) is 0 Å².